The SMILES string of the molecule is C[n+]1cccc2c1ccn2Cc1c(F)cc(C(=N)N2CCCC2)cc1Cl. The summed E-state index contributed by atoms with van der Waals surface area (Å²) in [5.74, 6) is -0.00751. The number of nitrogens with zero attached hydrogens (tertiary/aromatic N) is 3. The molecule has 1 aliphatic heterocycles. The van der Waals surface area contributed by atoms with Gasteiger partial charge in [-0.1, -0.05) is 11.6 Å². The molecule has 1 N–H and O–H groups in total. The molecule has 26 heavy (non-hydrogen) atoms. The second-order valence-electron chi connectivity index (χ2n) is 6.79. The molecule has 2 aromatic heterocycles. The van der Waals surface area contributed by atoms with Gasteiger partial charge in [-0.25, -0.2) is 4.39 Å². The summed E-state index contributed by atoms with van der Waals surface area (Å²) in [7, 11) is 1.99. The molecule has 0 atom stereocenters. The van der Waals surface area contributed by atoms with E-state index in [0.717, 1.165) is 37.0 Å². The number of benzene rings is 1. The van der Waals surface area contributed by atoms with Crippen molar-refractivity contribution in [2.24, 2.45) is 7.05 Å². The number of likely N-dealkylation sites (tertiary alicyclic amines) is 1. The third-order valence-electron chi connectivity index (χ3n) is 5.09. The first-order valence-corrected chi connectivity index (χ1v) is 9.17. The van der Waals surface area contributed by atoms with Crippen LogP contribution >= 0.6 is 11.6 Å². The largest absolute Gasteiger partial charge is 0.357 e. The Balaban J connectivity index is 1.66. The summed E-state index contributed by atoms with van der Waals surface area (Å²) in [6, 6.07) is 9.15. The lowest BCUT2D eigenvalue weighted by Crippen LogP contribution is -2.28. The number of aryl methyl sites for hydroxylation is 1. The van der Waals surface area contributed by atoms with E-state index in [1.54, 1.807) is 6.07 Å². The van der Waals surface area contributed by atoms with Crippen LogP contribution in [0.2, 0.25) is 5.02 Å². The molecule has 0 unspecified atom stereocenters. The van der Waals surface area contributed by atoms with Crippen molar-refractivity contribution in [3.8, 4) is 0 Å². The maximum Gasteiger partial charge on any atom is 0.230 e. The number of fused-ring (bicyclic) bond motifs is 1. The summed E-state index contributed by atoms with van der Waals surface area (Å²) >= 11 is 6.41. The van der Waals surface area contributed by atoms with Gasteiger partial charge in [0.25, 0.3) is 0 Å². The third kappa shape index (κ3) is 2.97. The van der Waals surface area contributed by atoms with Crippen LogP contribution in [0.25, 0.3) is 11.0 Å². The minimum Gasteiger partial charge on any atom is -0.357 e. The fourth-order valence-electron chi connectivity index (χ4n) is 3.62. The van der Waals surface area contributed by atoms with Crippen LogP contribution in [-0.4, -0.2) is 28.4 Å². The van der Waals surface area contributed by atoms with Crippen LogP contribution in [0.4, 0.5) is 4.39 Å². The van der Waals surface area contributed by atoms with Gasteiger partial charge in [0.15, 0.2) is 6.20 Å². The van der Waals surface area contributed by atoms with E-state index >= 15 is 0 Å². The minimum absolute atomic E-state index is 0.355. The Morgan fingerprint density at radius 2 is 2.04 bits per heavy atom. The number of hydrogen-bond donors (Lipinski definition) is 1. The predicted molar refractivity (Wildman–Crippen MR) is 101 cm³/mol. The van der Waals surface area contributed by atoms with Crippen LogP contribution in [-0.2, 0) is 13.6 Å². The molecule has 1 fully saturated rings. The van der Waals surface area contributed by atoms with E-state index in [-0.39, 0.29) is 5.82 Å². The number of pyridine rings is 1. The van der Waals surface area contributed by atoms with Crippen LogP contribution in [0, 0.1) is 11.2 Å². The van der Waals surface area contributed by atoms with E-state index in [1.165, 1.54) is 6.07 Å². The predicted octanol–water partition coefficient (Wildman–Crippen LogP) is 3.73. The first kappa shape index (κ1) is 17.0. The lowest BCUT2D eigenvalue weighted by molar-refractivity contribution is -0.644. The fraction of sp³-hybridized carbons (Fsp3) is 0.300. The van der Waals surface area contributed by atoms with Gasteiger partial charge >= 0.3 is 0 Å². The number of nitrogens with one attached hydrogen (secondary N) is 1. The summed E-state index contributed by atoms with van der Waals surface area (Å²) in [6.45, 7) is 2.06. The van der Waals surface area contributed by atoms with E-state index in [1.807, 2.05) is 51.7 Å². The first-order valence-electron chi connectivity index (χ1n) is 8.80. The molecule has 3 aromatic rings. The van der Waals surface area contributed by atoms with Gasteiger partial charge in [0.1, 0.15) is 24.2 Å². The topological polar surface area (TPSA) is 35.9 Å². The molecule has 0 amide bonds. The van der Waals surface area contributed by atoms with E-state index < -0.39 is 0 Å². The first-order chi connectivity index (χ1) is 12.5. The Morgan fingerprint density at radius 3 is 2.77 bits per heavy atom. The molecule has 0 radical (unpaired) electrons. The maximum atomic E-state index is 14.8. The molecule has 1 saturated heterocycles. The Morgan fingerprint density at radius 1 is 1.27 bits per heavy atom. The second kappa shape index (κ2) is 6.72. The highest BCUT2D eigenvalue weighted by molar-refractivity contribution is 6.31. The van der Waals surface area contributed by atoms with Crippen molar-refractivity contribution < 1.29 is 8.96 Å². The fourth-order valence-corrected chi connectivity index (χ4v) is 3.89. The second-order valence-corrected chi connectivity index (χ2v) is 7.20. The van der Waals surface area contributed by atoms with Crippen molar-refractivity contribution >= 4 is 28.5 Å². The van der Waals surface area contributed by atoms with E-state index in [2.05, 4.69) is 0 Å². The standard InChI is InChI=1S/C20H21ClFN4/c1-24-7-4-5-19-18(24)6-10-26(19)13-15-16(21)11-14(12-17(15)22)20(23)25-8-2-3-9-25/h4-7,10-12,23H,2-3,8-9,13H2,1H3/q+1. The molecule has 0 spiro atoms. The smallest absolute Gasteiger partial charge is 0.230 e. The number of aromatic nitrogens is 2. The summed E-state index contributed by atoms with van der Waals surface area (Å²) < 4.78 is 18.8. The summed E-state index contributed by atoms with van der Waals surface area (Å²) in [6.07, 6.45) is 6.09. The Labute approximate surface area is 156 Å². The summed E-state index contributed by atoms with van der Waals surface area (Å²) in [4.78, 5) is 1.98. The highest BCUT2D eigenvalue weighted by Gasteiger charge is 2.20. The van der Waals surface area contributed by atoms with Gasteiger partial charge in [-0.2, -0.15) is 4.57 Å². The number of rotatable bonds is 3. The molecule has 0 aliphatic carbocycles. The van der Waals surface area contributed by atoms with E-state index in [4.69, 9.17) is 17.0 Å². The van der Waals surface area contributed by atoms with Crippen LogP contribution < -0.4 is 4.57 Å². The molecule has 0 bridgehead atoms. The normalized spacial score (nSPS) is 14.3. The quantitative estimate of drug-likeness (QED) is 0.425. The zero-order valence-corrected chi connectivity index (χ0v) is 15.4. The molecule has 3 heterocycles. The van der Waals surface area contributed by atoms with Crippen molar-refractivity contribution in [3.05, 3.63) is 64.7 Å². The van der Waals surface area contributed by atoms with Crippen molar-refractivity contribution in [1.29, 1.82) is 5.41 Å². The molecule has 134 valence electrons. The number of halogens is 2. The lowest BCUT2D eigenvalue weighted by Gasteiger charge is -2.19. The molecule has 4 rings (SSSR count). The van der Waals surface area contributed by atoms with Crippen molar-refractivity contribution in [2.45, 2.75) is 19.4 Å². The zero-order valence-electron chi connectivity index (χ0n) is 14.7. The molecule has 6 heteroatoms. The van der Waals surface area contributed by atoms with Gasteiger partial charge in [0.05, 0.1) is 6.54 Å². The molecule has 4 nitrogen and oxygen atoms in total. The van der Waals surface area contributed by atoms with Gasteiger partial charge < -0.3 is 9.47 Å². The Hall–Kier alpha value is -2.40. The minimum atomic E-state index is -0.362. The van der Waals surface area contributed by atoms with Gasteiger partial charge in [-0.05, 0) is 31.0 Å². The van der Waals surface area contributed by atoms with E-state index in [9.17, 15) is 4.39 Å². The van der Waals surface area contributed by atoms with Crippen LogP contribution in [0.1, 0.15) is 24.0 Å². The van der Waals surface area contributed by atoms with Gasteiger partial charge in [0, 0.05) is 47.6 Å². The molecular formula is C20H21ClFN4+. The van der Waals surface area contributed by atoms with Crippen LogP contribution in [0.3, 0.4) is 0 Å². The van der Waals surface area contributed by atoms with Gasteiger partial charge in [0.2, 0.25) is 5.52 Å². The monoisotopic (exact) mass is 371 g/mol. The summed E-state index contributed by atoms with van der Waals surface area (Å²) in [5.41, 5.74) is 3.10. The highest BCUT2D eigenvalue weighted by atomic mass is 35.5. The van der Waals surface area contributed by atoms with Crippen LogP contribution in [0.15, 0.2) is 42.7 Å². The molecule has 0 saturated carbocycles. The average molecular weight is 372 g/mol. The highest BCUT2D eigenvalue weighted by Crippen LogP contribution is 2.25. The third-order valence-corrected chi connectivity index (χ3v) is 5.43. The number of amidine groups is 1. The van der Waals surface area contributed by atoms with Crippen molar-refractivity contribution in [1.82, 2.24) is 9.47 Å². The molecule has 1 aliphatic rings. The molecular weight excluding hydrogens is 351 g/mol. The lowest BCUT2D eigenvalue weighted by atomic mass is 10.1. The van der Waals surface area contributed by atoms with Crippen LogP contribution in [0.5, 0.6) is 0 Å². The Bertz CT molecular complexity index is 966. The van der Waals surface area contributed by atoms with Crippen molar-refractivity contribution in [2.75, 3.05) is 13.1 Å². The average Bonchev–Trinajstić information content (AvgIpc) is 3.28. The van der Waals surface area contributed by atoms with Gasteiger partial charge in [-0.3, -0.25) is 5.41 Å². The Kier molecular flexibility index (Phi) is 4.41. The van der Waals surface area contributed by atoms with E-state index in [0.29, 0.717) is 28.5 Å². The number of hydrogen-bond acceptors (Lipinski definition) is 1. The van der Waals surface area contributed by atoms with Crippen molar-refractivity contribution in [3.63, 3.8) is 0 Å². The zero-order chi connectivity index (χ0) is 18.3. The maximum absolute atomic E-state index is 14.8. The van der Waals surface area contributed by atoms with Gasteiger partial charge in [-0.15, -0.1) is 0 Å². The molecule has 1 aromatic carbocycles. The summed E-state index contributed by atoms with van der Waals surface area (Å²) in [5, 5.41) is 8.68.